The third kappa shape index (κ3) is 8.21. The Balaban J connectivity index is 2.16. The van der Waals surface area contributed by atoms with Gasteiger partial charge >= 0.3 is 5.97 Å². The highest BCUT2D eigenvalue weighted by Gasteiger charge is 2.29. The van der Waals surface area contributed by atoms with E-state index in [1.165, 1.54) is 26.0 Å². The number of phenols is 1. The highest BCUT2D eigenvalue weighted by Crippen LogP contribution is 2.12. The summed E-state index contributed by atoms with van der Waals surface area (Å²) in [6, 6.07) is 10.8. The molecule has 4 atom stereocenters. The number of nitrogens with two attached hydrogens (primary N) is 1. The molecule has 10 nitrogen and oxygen atoms in total. The molecule has 7 N–H and O–H groups in total. The minimum absolute atomic E-state index is 0.0196. The summed E-state index contributed by atoms with van der Waals surface area (Å²) in [5.74, 6) is -3.03. The van der Waals surface area contributed by atoms with Crippen molar-refractivity contribution in [3.05, 3.63) is 65.7 Å². The van der Waals surface area contributed by atoms with E-state index in [1.807, 2.05) is 0 Å². The number of hydrogen-bond acceptors (Lipinski definition) is 6. The van der Waals surface area contributed by atoms with Crippen molar-refractivity contribution in [3.8, 4) is 5.75 Å². The Morgan fingerprint density at radius 2 is 1.29 bits per heavy atom. The third-order valence-corrected chi connectivity index (χ3v) is 5.07. The van der Waals surface area contributed by atoms with E-state index < -0.39 is 47.9 Å². The Kier molecular flexibility index (Phi) is 9.57. The third-order valence-electron chi connectivity index (χ3n) is 5.07. The van der Waals surface area contributed by atoms with Crippen molar-refractivity contribution in [1.29, 1.82) is 0 Å². The van der Waals surface area contributed by atoms with E-state index in [-0.39, 0.29) is 18.6 Å². The van der Waals surface area contributed by atoms with E-state index in [4.69, 9.17) is 5.73 Å². The minimum atomic E-state index is -1.26. The molecule has 0 bridgehead atoms. The van der Waals surface area contributed by atoms with Gasteiger partial charge in [0.2, 0.25) is 17.7 Å². The predicted molar refractivity (Wildman–Crippen MR) is 125 cm³/mol. The number of amides is 3. The Bertz CT molecular complexity index is 994. The number of nitrogens with one attached hydrogen (secondary N) is 3. The second-order valence-electron chi connectivity index (χ2n) is 8.04. The van der Waals surface area contributed by atoms with Crippen LogP contribution in [-0.4, -0.2) is 58.1 Å². The van der Waals surface area contributed by atoms with Crippen LogP contribution in [0.1, 0.15) is 25.0 Å². The van der Waals surface area contributed by atoms with Crippen LogP contribution >= 0.6 is 0 Å². The van der Waals surface area contributed by atoms with E-state index in [9.17, 15) is 29.4 Å². The largest absolute Gasteiger partial charge is 0.508 e. The summed E-state index contributed by atoms with van der Waals surface area (Å²) in [6.07, 6.45) is 0.0894. The molecule has 34 heavy (non-hydrogen) atoms. The molecule has 0 aromatic heterocycles. The van der Waals surface area contributed by atoms with E-state index in [0.29, 0.717) is 5.56 Å². The maximum absolute atomic E-state index is 13.1. The number of carbonyl (C=O) groups is 4. The van der Waals surface area contributed by atoms with Crippen molar-refractivity contribution < 1.29 is 29.4 Å². The van der Waals surface area contributed by atoms with Crippen molar-refractivity contribution in [2.45, 2.75) is 50.9 Å². The molecule has 2 rings (SSSR count). The van der Waals surface area contributed by atoms with Crippen LogP contribution in [0.4, 0.5) is 0 Å². The van der Waals surface area contributed by atoms with Crippen LogP contribution in [0.15, 0.2) is 54.6 Å². The number of aromatic hydroxyl groups is 1. The highest BCUT2D eigenvalue weighted by molar-refractivity contribution is 5.94. The summed E-state index contributed by atoms with van der Waals surface area (Å²) in [6.45, 7) is 2.93. The Hall–Kier alpha value is -3.92. The van der Waals surface area contributed by atoms with Crippen LogP contribution < -0.4 is 21.7 Å². The quantitative estimate of drug-likeness (QED) is 0.270. The fourth-order valence-electron chi connectivity index (χ4n) is 3.11. The molecule has 2 aromatic rings. The van der Waals surface area contributed by atoms with Crippen molar-refractivity contribution >= 4 is 23.7 Å². The van der Waals surface area contributed by atoms with Crippen LogP contribution in [0.25, 0.3) is 0 Å². The molecule has 0 aliphatic carbocycles. The first-order valence-corrected chi connectivity index (χ1v) is 10.8. The average molecular weight is 471 g/mol. The zero-order chi connectivity index (χ0) is 25.3. The van der Waals surface area contributed by atoms with Crippen molar-refractivity contribution in [2.75, 3.05) is 0 Å². The molecule has 0 aliphatic rings. The summed E-state index contributed by atoms with van der Waals surface area (Å²) in [4.78, 5) is 49.3. The van der Waals surface area contributed by atoms with Crippen LogP contribution in [-0.2, 0) is 32.0 Å². The second kappa shape index (κ2) is 12.4. The lowest BCUT2D eigenvalue weighted by Crippen LogP contribution is -2.57. The van der Waals surface area contributed by atoms with Crippen molar-refractivity contribution in [1.82, 2.24) is 16.0 Å². The van der Waals surface area contributed by atoms with Crippen molar-refractivity contribution in [2.24, 2.45) is 5.73 Å². The van der Waals surface area contributed by atoms with Gasteiger partial charge in [0.15, 0.2) is 0 Å². The van der Waals surface area contributed by atoms with Gasteiger partial charge in [-0.3, -0.25) is 14.4 Å². The molecule has 182 valence electrons. The van der Waals surface area contributed by atoms with Gasteiger partial charge in [-0.2, -0.15) is 0 Å². The summed E-state index contributed by atoms with van der Waals surface area (Å²) in [5, 5.41) is 26.6. The first-order valence-electron chi connectivity index (χ1n) is 10.8. The summed E-state index contributed by atoms with van der Waals surface area (Å²) < 4.78 is 0. The number of carbonyl (C=O) groups excluding carboxylic acids is 3. The summed E-state index contributed by atoms with van der Waals surface area (Å²) in [5.41, 5.74) is 6.86. The number of carboxylic acids is 1. The molecule has 0 saturated heterocycles. The lowest BCUT2D eigenvalue weighted by molar-refractivity contribution is -0.142. The maximum Gasteiger partial charge on any atom is 0.326 e. The number of hydrogen-bond donors (Lipinski definition) is 6. The molecule has 0 saturated carbocycles. The molecule has 0 fully saturated rings. The number of carboxylic acid groups (broad SMARTS) is 1. The lowest BCUT2D eigenvalue weighted by Gasteiger charge is -2.24. The molecular weight excluding hydrogens is 440 g/mol. The normalized spacial score (nSPS) is 14.2. The van der Waals surface area contributed by atoms with E-state index in [1.54, 1.807) is 42.5 Å². The SMILES string of the molecule is CC(N)C(=O)NC(C)C(=O)NC(Cc1ccccc1)C(=O)NC(Cc1ccc(O)cc1)C(=O)O. The Morgan fingerprint density at radius 3 is 1.85 bits per heavy atom. The van der Waals surface area contributed by atoms with Gasteiger partial charge in [0.1, 0.15) is 23.9 Å². The van der Waals surface area contributed by atoms with E-state index in [2.05, 4.69) is 16.0 Å². The van der Waals surface area contributed by atoms with Gasteiger partial charge in [0.25, 0.3) is 0 Å². The molecule has 4 unspecified atom stereocenters. The van der Waals surface area contributed by atoms with Gasteiger partial charge in [0.05, 0.1) is 6.04 Å². The zero-order valence-corrected chi connectivity index (χ0v) is 19.0. The minimum Gasteiger partial charge on any atom is -0.508 e. The standard InChI is InChI=1S/C24H30N4O6/c1-14(25)21(30)26-15(2)22(31)27-19(12-16-6-4-3-5-7-16)23(32)28-20(24(33)34)13-17-8-10-18(29)11-9-17/h3-11,14-15,19-20,29H,12-13,25H2,1-2H3,(H,26,30)(H,27,31)(H,28,32)(H,33,34). The smallest absolute Gasteiger partial charge is 0.326 e. The maximum atomic E-state index is 13.1. The average Bonchev–Trinajstić information content (AvgIpc) is 2.79. The van der Waals surface area contributed by atoms with E-state index in [0.717, 1.165) is 5.56 Å². The van der Waals surface area contributed by atoms with Crippen molar-refractivity contribution in [3.63, 3.8) is 0 Å². The fraction of sp³-hybridized carbons (Fsp3) is 0.333. The monoisotopic (exact) mass is 470 g/mol. The van der Waals surface area contributed by atoms with Gasteiger partial charge in [0, 0.05) is 12.8 Å². The van der Waals surface area contributed by atoms with Gasteiger partial charge < -0.3 is 31.9 Å². The molecule has 0 spiro atoms. The first kappa shape index (κ1) is 26.3. The first-order chi connectivity index (χ1) is 16.1. The predicted octanol–water partition coefficient (Wildman–Crippen LogP) is 0.0835. The van der Waals surface area contributed by atoms with Crippen LogP contribution in [0.5, 0.6) is 5.75 Å². The Labute approximate surface area is 197 Å². The number of rotatable bonds is 11. The molecule has 10 heteroatoms. The molecule has 0 aliphatic heterocycles. The van der Waals surface area contributed by atoms with Crippen LogP contribution in [0.2, 0.25) is 0 Å². The van der Waals surface area contributed by atoms with Gasteiger partial charge in [-0.05, 0) is 37.1 Å². The fourth-order valence-corrected chi connectivity index (χ4v) is 3.11. The Morgan fingerprint density at radius 1 is 0.765 bits per heavy atom. The van der Waals surface area contributed by atoms with Crippen LogP contribution in [0.3, 0.4) is 0 Å². The number of phenolic OH excluding ortho intramolecular Hbond substituents is 1. The van der Waals surface area contributed by atoms with Gasteiger partial charge in [-0.25, -0.2) is 4.79 Å². The van der Waals surface area contributed by atoms with Crippen LogP contribution in [0, 0.1) is 0 Å². The molecule has 0 heterocycles. The lowest BCUT2D eigenvalue weighted by atomic mass is 10.0. The topological polar surface area (TPSA) is 171 Å². The van der Waals surface area contributed by atoms with E-state index >= 15 is 0 Å². The summed E-state index contributed by atoms with van der Waals surface area (Å²) in [7, 11) is 0. The zero-order valence-electron chi connectivity index (χ0n) is 19.0. The molecule has 0 radical (unpaired) electrons. The molecular formula is C24H30N4O6. The number of aliphatic carboxylic acids is 1. The van der Waals surface area contributed by atoms with Gasteiger partial charge in [-0.15, -0.1) is 0 Å². The highest BCUT2D eigenvalue weighted by atomic mass is 16.4. The van der Waals surface area contributed by atoms with Gasteiger partial charge in [-0.1, -0.05) is 42.5 Å². The molecule has 2 aromatic carbocycles. The number of benzene rings is 2. The summed E-state index contributed by atoms with van der Waals surface area (Å²) >= 11 is 0. The second-order valence-corrected chi connectivity index (χ2v) is 8.04. The molecule has 3 amide bonds.